The summed E-state index contributed by atoms with van der Waals surface area (Å²) in [5.74, 6) is -0.129. The van der Waals surface area contributed by atoms with Crippen LogP contribution < -0.4 is 15.1 Å². The van der Waals surface area contributed by atoms with E-state index in [0.29, 0.717) is 49.1 Å². The van der Waals surface area contributed by atoms with Crippen LogP contribution in [-0.4, -0.2) is 55.6 Å². The zero-order valence-electron chi connectivity index (χ0n) is 26.0. The number of anilines is 1. The number of fused-ring (bicyclic) bond motifs is 1. The van der Waals surface area contributed by atoms with Gasteiger partial charge in [-0.25, -0.2) is 12.9 Å². The van der Waals surface area contributed by atoms with Crippen molar-refractivity contribution in [2.24, 2.45) is 0 Å². The van der Waals surface area contributed by atoms with E-state index in [0.717, 1.165) is 18.4 Å². The second-order valence-corrected chi connectivity index (χ2v) is 15.5. The van der Waals surface area contributed by atoms with Gasteiger partial charge in [0.15, 0.2) is 0 Å². The molecule has 2 aliphatic rings. The molecule has 1 saturated carbocycles. The number of nitrogens with one attached hydrogen (secondary N) is 1. The summed E-state index contributed by atoms with van der Waals surface area (Å²) < 4.78 is 42.1. The number of hydrogen-bond acceptors (Lipinski definition) is 6. The quantitative estimate of drug-likeness (QED) is 0.238. The van der Waals surface area contributed by atoms with Crippen molar-refractivity contribution in [2.45, 2.75) is 64.2 Å². The fraction of sp³-hybridized carbons (Fsp3) is 0.375. The van der Waals surface area contributed by atoms with E-state index >= 15 is 0 Å². The van der Waals surface area contributed by atoms with Crippen LogP contribution in [0.2, 0.25) is 10.0 Å². The van der Waals surface area contributed by atoms with Gasteiger partial charge in [0.25, 0.3) is 5.91 Å². The molecule has 1 aliphatic carbocycles. The maximum atomic E-state index is 13.4. The molecule has 45 heavy (non-hydrogen) atoms. The summed E-state index contributed by atoms with van der Waals surface area (Å²) in [6.07, 6.45) is 4.73. The van der Waals surface area contributed by atoms with Gasteiger partial charge in [-0.3, -0.25) is 9.10 Å². The minimum absolute atomic E-state index is 0.0427. The molecule has 236 valence electrons. The van der Waals surface area contributed by atoms with Crippen LogP contribution in [0.15, 0.2) is 54.7 Å². The normalized spacial score (nSPS) is 17.6. The first-order chi connectivity index (χ1) is 21.1. The number of aromatic nitrogens is 2. The van der Waals surface area contributed by atoms with E-state index in [-0.39, 0.29) is 18.4 Å². The van der Waals surface area contributed by atoms with E-state index in [1.165, 1.54) is 10.6 Å². The van der Waals surface area contributed by atoms with Gasteiger partial charge in [-0.2, -0.15) is 5.10 Å². The van der Waals surface area contributed by atoms with Crippen LogP contribution in [0.3, 0.4) is 0 Å². The van der Waals surface area contributed by atoms with Crippen LogP contribution in [0.1, 0.15) is 67.9 Å². The molecule has 9 nitrogen and oxygen atoms in total. The Morgan fingerprint density at radius 3 is 2.27 bits per heavy atom. The van der Waals surface area contributed by atoms with Crippen molar-refractivity contribution in [3.05, 3.63) is 81.5 Å². The maximum absolute atomic E-state index is 13.4. The van der Waals surface area contributed by atoms with Crippen molar-refractivity contribution in [2.75, 3.05) is 17.6 Å². The third kappa shape index (κ3) is 5.97. The molecule has 0 spiro atoms. The van der Waals surface area contributed by atoms with Crippen molar-refractivity contribution >= 4 is 62.9 Å². The van der Waals surface area contributed by atoms with Crippen LogP contribution in [0.4, 0.5) is 5.69 Å². The summed E-state index contributed by atoms with van der Waals surface area (Å²) in [5, 5.41) is 8.48. The number of nitrogens with zero attached hydrogens (tertiary/aromatic N) is 3. The Bertz CT molecular complexity index is 1910. The first-order valence-electron chi connectivity index (χ1n) is 14.8. The van der Waals surface area contributed by atoms with Gasteiger partial charge in [0.1, 0.15) is 5.69 Å². The number of benzene rings is 2. The first-order valence-corrected chi connectivity index (χ1v) is 17.4. The predicted molar refractivity (Wildman–Crippen MR) is 179 cm³/mol. The number of rotatable bonds is 8. The number of sulfonamides is 1. The number of carbonyl (C=O) groups is 1. The number of carbonyl (C=O) groups excluding carboxylic acids is 1. The lowest BCUT2D eigenvalue weighted by Gasteiger charge is -2.32. The van der Waals surface area contributed by atoms with Crippen LogP contribution in [0.25, 0.3) is 16.8 Å². The van der Waals surface area contributed by atoms with Gasteiger partial charge in [-0.15, -0.1) is 0 Å². The molecular formula is C32H35BCl2N4O5S. The van der Waals surface area contributed by atoms with Gasteiger partial charge < -0.3 is 14.6 Å². The lowest BCUT2D eigenvalue weighted by Crippen LogP contribution is -2.41. The van der Waals surface area contributed by atoms with Crippen molar-refractivity contribution in [3.63, 3.8) is 0 Å². The standard InChI is InChI=1S/C32H35BCl2N4O5S/c1-31(2)32(3,4)44-33(43-31)24-14-7-19(15-25(24)35)17-39(45(6,41)42)27-18-38-26(16-23(27)20-8-9-20)28(30(40)36-5)29(37-38)21-10-12-22(34)13-11-21/h7,10-16,18,20H,8-9,17H2,1-6H3,(H,36,40). The predicted octanol–water partition coefficient (Wildman–Crippen LogP) is 5.81. The highest BCUT2D eigenvalue weighted by Gasteiger charge is 2.52. The summed E-state index contributed by atoms with van der Waals surface area (Å²) in [7, 11) is -2.83. The average molecular weight is 669 g/mol. The van der Waals surface area contributed by atoms with Gasteiger partial charge in [0, 0.05) is 28.1 Å². The van der Waals surface area contributed by atoms with Crippen molar-refractivity contribution < 1.29 is 22.5 Å². The molecule has 2 fully saturated rings. The summed E-state index contributed by atoms with van der Waals surface area (Å²) in [6, 6.07) is 14.4. The third-order valence-corrected chi connectivity index (χ3v) is 10.6. The van der Waals surface area contributed by atoms with E-state index < -0.39 is 28.3 Å². The SMILES string of the molecule is CNC(=O)c1c(-c2ccc(Cl)cc2)nn2cc(N(Cc3ccc(B4OC(C)(C)C(C)(C)O4)c(Cl)c3)S(C)(=O)=O)c(C3CC3)cc12. The molecule has 3 heterocycles. The molecular weight excluding hydrogens is 634 g/mol. The lowest BCUT2D eigenvalue weighted by atomic mass is 9.78. The number of pyridine rings is 1. The molecule has 1 saturated heterocycles. The summed E-state index contributed by atoms with van der Waals surface area (Å²) in [4.78, 5) is 13.2. The average Bonchev–Trinajstić information content (AvgIpc) is 3.70. The van der Waals surface area contributed by atoms with Gasteiger partial charge >= 0.3 is 7.12 Å². The molecule has 4 aromatic rings. The summed E-state index contributed by atoms with van der Waals surface area (Å²) in [5.41, 5.74) is 3.86. The Hall–Kier alpha value is -3.09. The fourth-order valence-corrected chi connectivity index (χ4v) is 6.87. The second-order valence-electron chi connectivity index (χ2n) is 12.7. The van der Waals surface area contributed by atoms with E-state index in [4.69, 9.17) is 37.6 Å². The Labute approximate surface area is 274 Å². The van der Waals surface area contributed by atoms with Gasteiger partial charge in [-0.05, 0) is 81.8 Å². The Kier molecular flexibility index (Phi) is 8.01. The maximum Gasteiger partial charge on any atom is 0.496 e. The van der Waals surface area contributed by atoms with Crippen LogP contribution >= 0.6 is 23.2 Å². The fourth-order valence-electron chi connectivity index (χ4n) is 5.56. The van der Waals surface area contributed by atoms with E-state index in [1.807, 2.05) is 45.9 Å². The molecule has 0 atom stereocenters. The van der Waals surface area contributed by atoms with Crippen molar-refractivity contribution in [1.82, 2.24) is 14.9 Å². The first kappa shape index (κ1) is 31.9. The molecule has 2 aromatic carbocycles. The number of hydrogen-bond donors (Lipinski definition) is 1. The molecule has 0 unspecified atom stereocenters. The van der Waals surface area contributed by atoms with E-state index in [9.17, 15) is 13.2 Å². The minimum Gasteiger partial charge on any atom is -0.399 e. The molecule has 13 heteroatoms. The van der Waals surface area contributed by atoms with Crippen LogP contribution in [-0.2, 0) is 25.9 Å². The van der Waals surface area contributed by atoms with E-state index in [2.05, 4.69) is 5.32 Å². The van der Waals surface area contributed by atoms with Gasteiger partial charge in [-0.1, -0.05) is 47.5 Å². The molecule has 0 bridgehead atoms. The highest BCUT2D eigenvalue weighted by molar-refractivity contribution is 7.92. The van der Waals surface area contributed by atoms with Crippen LogP contribution in [0, 0.1) is 0 Å². The van der Waals surface area contributed by atoms with E-state index in [1.54, 1.807) is 48.1 Å². The highest BCUT2D eigenvalue weighted by atomic mass is 35.5. The van der Waals surface area contributed by atoms with Crippen LogP contribution in [0.5, 0.6) is 0 Å². The zero-order valence-corrected chi connectivity index (χ0v) is 28.3. The third-order valence-electron chi connectivity index (χ3n) is 8.94. The lowest BCUT2D eigenvalue weighted by molar-refractivity contribution is 0.00578. The molecule has 2 aromatic heterocycles. The van der Waals surface area contributed by atoms with Gasteiger partial charge in [0.05, 0.1) is 47.0 Å². The monoisotopic (exact) mass is 668 g/mol. The number of amides is 1. The summed E-state index contributed by atoms with van der Waals surface area (Å²) >= 11 is 12.9. The highest BCUT2D eigenvalue weighted by Crippen LogP contribution is 2.46. The second kappa shape index (κ2) is 11.3. The molecule has 1 amide bonds. The topological polar surface area (TPSA) is 102 Å². The minimum atomic E-state index is -3.76. The van der Waals surface area contributed by atoms with Crippen molar-refractivity contribution in [3.8, 4) is 11.3 Å². The molecule has 1 aliphatic heterocycles. The largest absolute Gasteiger partial charge is 0.496 e. The summed E-state index contributed by atoms with van der Waals surface area (Å²) in [6.45, 7) is 7.94. The Morgan fingerprint density at radius 2 is 1.71 bits per heavy atom. The smallest absolute Gasteiger partial charge is 0.399 e. The Balaban J connectivity index is 1.42. The molecule has 1 N–H and O–H groups in total. The van der Waals surface area contributed by atoms with Crippen molar-refractivity contribution in [1.29, 1.82) is 0 Å². The zero-order chi connectivity index (χ0) is 32.5. The molecule has 0 radical (unpaired) electrons. The number of halogens is 2. The Morgan fingerprint density at radius 1 is 1.07 bits per heavy atom. The van der Waals surface area contributed by atoms with Gasteiger partial charge in [0.2, 0.25) is 10.0 Å². The molecule has 6 rings (SSSR count).